The summed E-state index contributed by atoms with van der Waals surface area (Å²) in [6.45, 7) is 15.6. The predicted octanol–water partition coefficient (Wildman–Crippen LogP) is 2.72. The van der Waals surface area contributed by atoms with Crippen LogP contribution in [0.25, 0.3) is 0 Å². The van der Waals surface area contributed by atoms with Crippen molar-refractivity contribution < 1.29 is 28.1 Å². The zero-order valence-electron chi connectivity index (χ0n) is 16.1. The molecule has 0 bridgehead atoms. The van der Waals surface area contributed by atoms with E-state index in [1.165, 1.54) is 0 Å². The lowest BCUT2D eigenvalue weighted by molar-refractivity contribution is -0.0129. The average Bonchev–Trinajstić information content (AvgIpc) is 2.52. The van der Waals surface area contributed by atoms with Crippen LogP contribution in [0.5, 0.6) is 0 Å². The van der Waals surface area contributed by atoms with Gasteiger partial charge in [-0.3, -0.25) is 0 Å². The Balaban J connectivity index is 3.00. The molecule has 0 heterocycles. The average molecular weight is 367 g/mol. The Labute approximate surface area is 149 Å². The van der Waals surface area contributed by atoms with Gasteiger partial charge in [0.15, 0.2) is 8.32 Å². The molecule has 0 unspecified atom stereocenters. The molecule has 146 valence electrons. The van der Waals surface area contributed by atoms with Crippen LogP contribution < -0.4 is 0 Å². The van der Waals surface area contributed by atoms with E-state index in [1.807, 2.05) is 0 Å². The first kappa shape index (κ1) is 24.0. The molecule has 0 saturated heterocycles. The highest BCUT2D eigenvalue weighted by Crippen LogP contribution is 2.01. The highest BCUT2D eigenvalue weighted by Gasteiger charge is 2.12. The molecule has 0 spiro atoms. The van der Waals surface area contributed by atoms with Crippen LogP contribution in [-0.4, -0.2) is 81.0 Å². The van der Waals surface area contributed by atoms with Gasteiger partial charge in [-0.15, -0.1) is 0 Å². The van der Waals surface area contributed by atoms with Crippen molar-refractivity contribution in [1.82, 2.24) is 0 Å². The zero-order valence-corrected chi connectivity index (χ0v) is 17.1. The molecule has 0 saturated carbocycles. The molecule has 0 amide bonds. The van der Waals surface area contributed by atoms with Crippen LogP contribution in [0.3, 0.4) is 0 Å². The first-order chi connectivity index (χ1) is 11.6. The Morgan fingerprint density at radius 1 is 0.500 bits per heavy atom. The maximum absolute atomic E-state index is 5.69. The summed E-state index contributed by atoms with van der Waals surface area (Å²) in [5.74, 6) is 0. The molecule has 0 aromatic rings. The van der Waals surface area contributed by atoms with Gasteiger partial charge in [0.05, 0.1) is 66.1 Å². The molecule has 7 heteroatoms. The molecule has 0 N–H and O–H groups in total. The van der Waals surface area contributed by atoms with E-state index in [1.54, 1.807) is 0 Å². The summed E-state index contributed by atoms with van der Waals surface area (Å²) in [6.07, 6.45) is 2.27. The van der Waals surface area contributed by atoms with Gasteiger partial charge in [0, 0.05) is 6.61 Å². The largest absolute Gasteiger partial charge is 0.415 e. The fourth-order valence-electron chi connectivity index (χ4n) is 1.63. The van der Waals surface area contributed by atoms with Gasteiger partial charge in [-0.1, -0.05) is 13.3 Å². The minimum absolute atomic E-state index is 0.578. The van der Waals surface area contributed by atoms with Crippen LogP contribution in [0.2, 0.25) is 19.6 Å². The lowest BCUT2D eigenvalue weighted by Gasteiger charge is -2.16. The number of hydrogen-bond donors (Lipinski definition) is 0. The minimum Gasteiger partial charge on any atom is -0.415 e. The Bertz CT molecular complexity index is 248. The Hall–Kier alpha value is -0.0231. The van der Waals surface area contributed by atoms with Crippen LogP contribution >= 0.6 is 0 Å². The van der Waals surface area contributed by atoms with Crippen molar-refractivity contribution in [2.24, 2.45) is 0 Å². The standard InChI is InChI=1S/C17H38O6Si/c1-5-6-7-18-8-9-19-10-11-20-12-13-21-14-15-22-16-17-23-24(2,3)4/h5-17H2,1-4H3. The molecule has 0 aliphatic carbocycles. The van der Waals surface area contributed by atoms with Crippen molar-refractivity contribution in [3.8, 4) is 0 Å². The second-order valence-electron chi connectivity index (χ2n) is 6.38. The summed E-state index contributed by atoms with van der Waals surface area (Å²) in [4.78, 5) is 0. The Morgan fingerprint density at radius 2 is 0.833 bits per heavy atom. The van der Waals surface area contributed by atoms with Gasteiger partial charge in [-0.05, 0) is 26.1 Å². The molecule has 24 heavy (non-hydrogen) atoms. The van der Waals surface area contributed by atoms with Crippen LogP contribution in [0, 0.1) is 0 Å². The molecule has 0 rings (SSSR count). The summed E-state index contributed by atoms with van der Waals surface area (Å²) >= 11 is 0. The summed E-state index contributed by atoms with van der Waals surface area (Å²) in [7, 11) is -1.41. The van der Waals surface area contributed by atoms with Crippen molar-refractivity contribution in [2.75, 3.05) is 72.7 Å². The molecule has 0 radical (unpaired) electrons. The highest BCUT2D eigenvalue weighted by atomic mass is 28.4. The van der Waals surface area contributed by atoms with E-state index in [0.717, 1.165) is 19.4 Å². The van der Waals surface area contributed by atoms with E-state index >= 15 is 0 Å². The van der Waals surface area contributed by atoms with Gasteiger partial charge in [-0.25, -0.2) is 0 Å². The molecule has 0 atom stereocenters. The van der Waals surface area contributed by atoms with Crippen molar-refractivity contribution in [2.45, 2.75) is 39.4 Å². The van der Waals surface area contributed by atoms with Crippen molar-refractivity contribution in [3.05, 3.63) is 0 Å². The van der Waals surface area contributed by atoms with Gasteiger partial charge in [0.25, 0.3) is 0 Å². The van der Waals surface area contributed by atoms with Gasteiger partial charge in [0.1, 0.15) is 0 Å². The normalized spacial score (nSPS) is 12.0. The SMILES string of the molecule is CCCCOCCOCCOCCOCCOCCO[Si](C)(C)C. The molecular weight excluding hydrogens is 328 g/mol. The van der Waals surface area contributed by atoms with Gasteiger partial charge in [-0.2, -0.15) is 0 Å². The Kier molecular flexibility index (Phi) is 17.8. The maximum Gasteiger partial charge on any atom is 0.183 e. The third-order valence-corrected chi connectivity index (χ3v) is 3.96. The fraction of sp³-hybridized carbons (Fsp3) is 1.00. The molecule has 0 aliphatic rings. The monoisotopic (exact) mass is 366 g/mol. The Morgan fingerprint density at radius 3 is 1.17 bits per heavy atom. The number of rotatable bonds is 19. The van der Waals surface area contributed by atoms with E-state index in [2.05, 4.69) is 26.6 Å². The first-order valence-corrected chi connectivity index (χ1v) is 12.5. The van der Waals surface area contributed by atoms with Crippen LogP contribution in [0.1, 0.15) is 19.8 Å². The smallest absolute Gasteiger partial charge is 0.183 e. The van der Waals surface area contributed by atoms with Crippen molar-refractivity contribution in [1.29, 1.82) is 0 Å². The molecule has 0 aliphatic heterocycles. The molecule has 0 aromatic carbocycles. The quantitative estimate of drug-likeness (QED) is 0.259. The van der Waals surface area contributed by atoms with Crippen LogP contribution in [0.4, 0.5) is 0 Å². The molecule has 6 nitrogen and oxygen atoms in total. The predicted molar refractivity (Wildman–Crippen MR) is 98.3 cm³/mol. The third kappa shape index (κ3) is 22.0. The lowest BCUT2D eigenvalue weighted by Crippen LogP contribution is -2.27. The highest BCUT2D eigenvalue weighted by molar-refractivity contribution is 6.69. The summed E-state index contributed by atoms with van der Waals surface area (Å²) < 4.78 is 32.8. The molecule has 0 fully saturated rings. The summed E-state index contributed by atoms with van der Waals surface area (Å²) in [6, 6.07) is 0. The molecular formula is C17H38O6Si. The number of ether oxygens (including phenoxy) is 5. The van der Waals surface area contributed by atoms with Crippen molar-refractivity contribution >= 4 is 8.32 Å². The van der Waals surface area contributed by atoms with Gasteiger partial charge < -0.3 is 28.1 Å². The second kappa shape index (κ2) is 17.8. The minimum atomic E-state index is -1.41. The number of hydrogen-bond acceptors (Lipinski definition) is 6. The van der Waals surface area contributed by atoms with Gasteiger partial charge >= 0.3 is 0 Å². The van der Waals surface area contributed by atoms with E-state index < -0.39 is 8.32 Å². The number of unbranched alkanes of at least 4 members (excludes halogenated alkanes) is 1. The van der Waals surface area contributed by atoms with E-state index in [0.29, 0.717) is 66.1 Å². The topological polar surface area (TPSA) is 55.4 Å². The van der Waals surface area contributed by atoms with E-state index in [4.69, 9.17) is 28.1 Å². The summed E-state index contributed by atoms with van der Waals surface area (Å²) in [5.41, 5.74) is 0. The summed E-state index contributed by atoms with van der Waals surface area (Å²) in [5, 5.41) is 0. The second-order valence-corrected chi connectivity index (χ2v) is 10.9. The maximum atomic E-state index is 5.69. The van der Waals surface area contributed by atoms with Gasteiger partial charge in [0.2, 0.25) is 0 Å². The van der Waals surface area contributed by atoms with E-state index in [9.17, 15) is 0 Å². The third-order valence-electron chi connectivity index (χ3n) is 2.89. The molecule has 0 aromatic heterocycles. The van der Waals surface area contributed by atoms with Crippen molar-refractivity contribution in [3.63, 3.8) is 0 Å². The zero-order chi connectivity index (χ0) is 17.9. The van der Waals surface area contributed by atoms with Crippen LogP contribution in [-0.2, 0) is 28.1 Å². The fourth-order valence-corrected chi connectivity index (χ4v) is 2.33. The lowest BCUT2D eigenvalue weighted by atomic mass is 10.4. The first-order valence-electron chi connectivity index (χ1n) is 9.09. The van der Waals surface area contributed by atoms with Crippen LogP contribution in [0.15, 0.2) is 0 Å². The van der Waals surface area contributed by atoms with E-state index in [-0.39, 0.29) is 0 Å².